The molecule has 1 heterocycles. The predicted octanol–water partition coefficient (Wildman–Crippen LogP) is 4.10. The van der Waals surface area contributed by atoms with Crippen LogP contribution in [-0.2, 0) is 0 Å². The van der Waals surface area contributed by atoms with E-state index in [9.17, 15) is 4.79 Å². The second kappa shape index (κ2) is 7.24. The van der Waals surface area contributed by atoms with Crippen molar-refractivity contribution in [1.29, 1.82) is 0 Å². The van der Waals surface area contributed by atoms with Crippen LogP contribution in [-0.4, -0.2) is 15.5 Å². The lowest BCUT2D eigenvalue weighted by atomic mass is 10.2. The molecule has 3 nitrogen and oxygen atoms in total. The number of carbonyl (C=O) groups excluding carboxylic acids is 1. The molecule has 0 atom stereocenters. The summed E-state index contributed by atoms with van der Waals surface area (Å²) in [6.07, 6.45) is 12.7. The van der Waals surface area contributed by atoms with Crippen molar-refractivity contribution in [3.8, 4) is 11.3 Å². The van der Waals surface area contributed by atoms with Crippen molar-refractivity contribution >= 4 is 5.91 Å². The first-order valence-electron chi connectivity index (χ1n) is 6.72. The van der Waals surface area contributed by atoms with Gasteiger partial charge in [0.05, 0.1) is 5.69 Å². The third-order valence-corrected chi connectivity index (χ3v) is 2.90. The Kier molecular flexibility index (Phi) is 5.07. The molecule has 1 aromatic carbocycles. The van der Waals surface area contributed by atoms with Crippen LogP contribution in [0.4, 0.5) is 0 Å². The van der Waals surface area contributed by atoms with E-state index < -0.39 is 0 Å². The highest BCUT2D eigenvalue weighted by atomic mass is 16.1. The van der Waals surface area contributed by atoms with E-state index in [1.807, 2.05) is 49.4 Å². The minimum absolute atomic E-state index is 0.0693. The van der Waals surface area contributed by atoms with E-state index >= 15 is 0 Å². The fourth-order valence-corrected chi connectivity index (χ4v) is 1.83. The molecule has 0 N–H and O–H groups in total. The van der Waals surface area contributed by atoms with Crippen molar-refractivity contribution in [2.75, 3.05) is 0 Å². The summed E-state index contributed by atoms with van der Waals surface area (Å²) in [6.45, 7) is 1.99. The zero-order chi connectivity index (χ0) is 14.2. The number of hydrogen-bond acceptors (Lipinski definition) is 2. The van der Waals surface area contributed by atoms with Crippen LogP contribution in [0.15, 0.2) is 67.2 Å². The summed E-state index contributed by atoms with van der Waals surface area (Å²) in [6, 6.07) is 9.82. The van der Waals surface area contributed by atoms with Gasteiger partial charge in [0.2, 0.25) is 0 Å². The van der Waals surface area contributed by atoms with Gasteiger partial charge in [0.15, 0.2) is 0 Å². The molecule has 102 valence electrons. The largest absolute Gasteiger partial charge is 0.272 e. The van der Waals surface area contributed by atoms with E-state index in [0.717, 1.165) is 24.1 Å². The highest BCUT2D eigenvalue weighted by Crippen LogP contribution is 2.15. The Morgan fingerprint density at radius 2 is 1.95 bits per heavy atom. The van der Waals surface area contributed by atoms with Crippen molar-refractivity contribution < 1.29 is 4.79 Å². The smallest absolute Gasteiger partial charge is 0.255 e. The Morgan fingerprint density at radius 1 is 1.20 bits per heavy atom. The van der Waals surface area contributed by atoms with E-state index in [2.05, 4.69) is 11.1 Å². The normalized spacial score (nSPS) is 11.4. The van der Waals surface area contributed by atoms with E-state index in [-0.39, 0.29) is 5.91 Å². The average Bonchev–Trinajstić information content (AvgIpc) is 2.98. The number of rotatable bonds is 5. The average molecular weight is 266 g/mol. The molecule has 0 aliphatic carbocycles. The molecule has 0 bridgehead atoms. The molecule has 0 saturated heterocycles. The lowest BCUT2D eigenvalue weighted by Gasteiger charge is -1.95. The molecule has 2 rings (SSSR count). The molecule has 0 amide bonds. The Hall–Kier alpha value is -2.42. The highest BCUT2D eigenvalue weighted by Gasteiger charge is 2.04. The van der Waals surface area contributed by atoms with E-state index in [1.165, 1.54) is 4.57 Å². The molecule has 0 spiro atoms. The van der Waals surface area contributed by atoms with E-state index in [1.54, 1.807) is 18.6 Å². The van der Waals surface area contributed by atoms with Crippen molar-refractivity contribution in [1.82, 2.24) is 9.55 Å². The fourth-order valence-electron chi connectivity index (χ4n) is 1.83. The van der Waals surface area contributed by atoms with Crippen LogP contribution in [0.25, 0.3) is 11.3 Å². The summed E-state index contributed by atoms with van der Waals surface area (Å²) < 4.78 is 1.51. The summed E-state index contributed by atoms with van der Waals surface area (Å²) in [5, 5.41) is 0. The van der Waals surface area contributed by atoms with E-state index in [0.29, 0.717) is 0 Å². The van der Waals surface area contributed by atoms with Gasteiger partial charge in [0.1, 0.15) is 6.33 Å². The summed E-state index contributed by atoms with van der Waals surface area (Å²) in [5.74, 6) is -0.0693. The predicted molar refractivity (Wildman–Crippen MR) is 81.5 cm³/mol. The Morgan fingerprint density at radius 3 is 2.70 bits per heavy atom. The monoisotopic (exact) mass is 266 g/mol. The van der Waals surface area contributed by atoms with E-state index in [4.69, 9.17) is 0 Å². The molecule has 1 aromatic heterocycles. The van der Waals surface area contributed by atoms with Gasteiger partial charge in [0.25, 0.3) is 5.91 Å². The lowest BCUT2D eigenvalue weighted by molar-refractivity contribution is 0.0968. The Labute approximate surface area is 119 Å². The summed E-state index contributed by atoms with van der Waals surface area (Å²) >= 11 is 0. The molecule has 20 heavy (non-hydrogen) atoms. The zero-order valence-electron chi connectivity index (χ0n) is 11.6. The molecule has 0 fully saturated rings. The van der Waals surface area contributed by atoms with Crippen LogP contribution < -0.4 is 0 Å². The minimum Gasteiger partial charge on any atom is -0.272 e. The summed E-state index contributed by atoms with van der Waals surface area (Å²) in [5.41, 5.74) is 1.82. The maximum atomic E-state index is 11.9. The standard InChI is InChI=1S/C17H18N2O/c1-2-3-4-5-9-12-17(20)19-13-16(18-14-19)15-10-7-6-8-11-15/h2-3,6-14H,4-5H2,1H3/b3-2+,12-9+. The van der Waals surface area contributed by atoms with Gasteiger partial charge in [-0.15, -0.1) is 0 Å². The number of imidazole rings is 1. The van der Waals surface area contributed by atoms with Gasteiger partial charge in [-0.3, -0.25) is 9.36 Å². The van der Waals surface area contributed by atoms with Gasteiger partial charge in [-0.05, 0) is 25.8 Å². The van der Waals surface area contributed by atoms with Gasteiger partial charge in [-0.2, -0.15) is 0 Å². The van der Waals surface area contributed by atoms with Gasteiger partial charge >= 0.3 is 0 Å². The maximum Gasteiger partial charge on any atom is 0.255 e. The summed E-state index contributed by atoms with van der Waals surface area (Å²) in [4.78, 5) is 16.2. The SMILES string of the molecule is C/C=C/CC/C=C/C(=O)n1cnc(-c2ccccc2)c1. The van der Waals surface area contributed by atoms with Crippen molar-refractivity contribution in [3.63, 3.8) is 0 Å². The number of aromatic nitrogens is 2. The molecular formula is C17H18N2O. The number of allylic oxidation sites excluding steroid dienone is 4. The number of carbonyl (C=O) groups is 1. The summed E-state index contributed by atoms with van der Waals surface area (Å²) in [7, 11) is 0. The van der Waals surface area contributed by atoms with Crippen LogP contribution in [0.5, 0.6) is 0 Å². The molecule has 0 aliphatic rings. The molecule has 3 heteroatoms. The Balaban J connectivity index is 2.00. The molecule has 0 radical (unpaired) electrons. The van der Waals surface area contributed by atoms with Gasteiger partial charge in [-0.25, -0.2) is 4.98 Å². The molecule has 0 unspecified atom stereocenters. The van der Waals surface area contributed by atoms with Crippen molar-refractivity contribution in [3.05, 3.63) is 67.2 Å². The van der Waals surface area contributed by atoms with Crippen LogP contribution in [0.3, 0.4) is 0 Å². The van der Waals surface area contributed by atoms with Crippen molar-refractivity contribution in [2.24, 2.45) is 0 Å². The quantitative estimate of drug-likeness (QED) is 0.464. The van der Waals surface area contributed by atoms with Gasteiger partial charge in [0, 0.05) is 11.8 Å². The molecule has 0 saturated carbocycles. The molecule has 2 aromatic rings. The topological polar surface area (TPSA) is 34.9 Å². The lowest BCUT2D eigenvalue weighted by Crippen LogP contribution is -2.03. The number of unbranched alkanes of at least 4 members (excludes halogenated alkanes) is 1. The van der Waals surface area contributed by atoms with Crippen LogP contribution in [0, 0.1) is 0 Å². The maximum absolute atomic E-state index is 11.9. The van der Waals surface area contributed by atoms with Crippen LogP contribution in [0.1, 0.15) is 24.6 Å². The van der Waals surface area contributed by atoms with Gasteiger partial charge < -0.3 is 0 Å². The fraction of sp³-hybridized carbons (Fsp3) is 0.176. The molecule has 0 aliphatic heterocycles. The Bertz CT molecular complexity index is 609. The first kappa shape index (κ1) is 14.0. The van der Waals surface area contributed by atoms with Crippen LogP contribution in [0.2, 0.25) is 0 Å². The third-order valence-electron chi connectivity index (χ3n) is 2.90. The molecular weight excluding hydrogens is 248 g/mol. The van der Waals surface area contributed by atoms with Crippen LogP contribution >= 0.6 is 0 Å². The van der Waals surface area contributed by atoms with Gasteiger partial charge in [-0.1, -0.05) is 48.6 Å². The third kappa shape index (κ3) is 3.79. The first-order chi connectivity index (χ1) is 9.81. The second-order valence-corrected chi connectivity index (χ2v) is 4.42. The second-order valence-electron chi connectivity index (χ2n) is 4.42. The highest BCUT2D eigenvalue weighted by molar-refractivity contribution is 5.90. The number of benzene rings is 1. The first-order valence-corrected chi connectivity index (χ1v) is 6.72. The zero-order valence-corrected chi connectivity index (χ0v) is 11.6. The number of nitrogens with zero attached hydrogens (tertiary/aromatic N) is 2. The van der Waals surface area contributed by atoms with Crippen molar-refractivity contribution in [2.45, 2.75) is 19.8 Å². The number of hydrogen-bond donors (Lipinski definition) is 0. The minimum atomic E-state index is -0.0693.